The fourth-order valence-electron chi connectivity index (χ4n) is 9.06. The fraction of sp³-hybridized carbons (Fsp3) is 0.444. The van der Waals surface area contributed by atoms with Crippen LogP contribution < -0.4 is 20.7 Å². The molecule has 4 aromatic rings. The van der Waals surface area contributed by atoms with Crippen molar-refractivity contribution in [2.24, 2.45) is 0 Å². The maximum Gasteiger partial charge on any atom is 0.261 e. The molecule has 0 aromatic heterocycles. The molecule has 8 nitrogen and oxygen atoms in total. The molecule has 3 heterocycles. The summed E-state index contributed by atoms with van der Waals surface area (Å²) in [5.41, 5.74) is 0. The first-order valence-corrected chi connectivity index (χ1v) is 23.4. The first kappa shape index (κ1) is 39.7. The second kappa shape index (κ2) is 15.5. The minimum atomic E-state index is -2.88. The van der Waals surface area contributed by atoms with Gasteiger partial charge in [0.1, 0.15) is 18.3 Å². The molecule has 0 aliphatic carbocycles. The molecule has 6 atom stereocenters. The Balaban J connectivity index is 1.21. The third-order valence-corrected chi connectivity index (χ3v) is 21.4. The van der Waals surface area contributed by atoms with E-state index in [1.807, 2.05) is 31.0 Å². The average molecular weight is 777 g/mol. The molecule has 290 valence electrons. The van der Waals surface area contributed by atoms with E-state index in [1.165, 1.54) is 20.7 Å². The molecule has 7 rings (SSSR count). The van der Waals surface area contributed by atoms with Gasteiger partial charge in [0.15, 0.2) is 18.1 Å². The number of benzene rings is 4. The molecule has 0 radical (unpaired) electrons. The molecule has 0 saturated carbocycles. The Bertz CT molecular complexity index is 1830. The van der Waals surface area contributed by atoms with Crippen molar-refractivity contribution in [2.45, 2.75) is 114 Å². The molecular weight excluding hydrogens is 721 g/mol. The van der Waals surface area contributed by atoms with Gasteiger partial charge in [-0.3, -0.25) is 4.84 Å². The van der Waals surface area contributed by atoms with Crippen LogP contribution in [0.25, 0.3) is 0 Å². The van der Waals surface area contributed by atoms with E-state index >= 15 is 0 Å². The average Bonchev–Trinajstić information content (AvgIpc) is 3.83. The molecule has 10 heteroatoms. The normalized spacial score (nSPS) is 25.8. The topological polar surface area (TPSA) is 82.4 Å². The highest BCUT2D eigenvalue weighted by Gasteiger charge is 2.61. The summed E-state index contributed by atoms with van der Waals surface area (Å²) in [4.78, 5) is 6.45. The van der Waals surface area contributed by atoms with E-state index in [-0.39, 0.29) is 16.1 Å². The number of nitriles is 1. The van der Waals surface area contributed by atoms with Crippen LogP contribution in [0, 0.1) is 11.3 Å². The molecule has 3 aliphatic rings. The lowest BCUT2D eigenvalue weighted by Gasteiger charge is -2.44. The zero-order chi connectivity index (χ0) is 39.1. The van der Waals surface area contributed by atoms with E-state index in [0.717, 1.165) is 0 Å². The molecule has 0 N–H and O–H groups in total. The van der Waals surface area contributed by atoms with E-state index in [2.05, 4.69) is 157 Å². The van der Waals surface area contributed by atoms with Crippen molar-refractivity contribution >= 4 is 37.4 Å². The quantitative estimate of drug-likeness (QED) is 0.165. The fourth-order valence-corrected chi connectivity index (χ4v) is 18.2. The lowest BCUT2D eigenvalue weighted by Crippen LogP contribution is -2.67. The molecule has 0 unspecified atom stereocenters. The lowest BCUT2D eigenvalue weighted by molar-refractivity contribution is -0.283. The van der Waals surface area contributed by atoms with Crippen molar-refractivity contribution in [2.75, 3.05) is 13.2 Å². The van der Waals surface area contributed by atoms with Gasteiger partial charge in [-0.05, 0) is 44.7 Å². The van der Waals surface area contributed by atoms with Crippen LogP contribution in [0.15, 0.2) is 121 Å². The van der Waals surface area contributed by atoms with Crippen LogP contribution >= 0.6 is 0 Å². The Morgan fingerprint density at radius 3 is 1.45 bits per heavy atom. The van der Waals surface area contributed by atoms with E-state index in [4.69, 9.17) is 27.9 Å². The molecule has 3 saturated heterocycles. The van der Waals surface area contributed by atoms with Crippen LogP contribution in [-0.2, 0) is 27.9 Å². The summed E-state index contributed by atoms with van der Waals surface area (Å²) < 4.78 is 35.0. The van der Waals surface area contributed by atoms with Crippen molar-refractivity contribution in [3.63, 3.8) is 0 Å². The Hall–Kier alpha value is -3.48. The molecule has 4 aromatic carbocycles. The molecule has 3 fully saturated rings. The van der Waals surface area contributed by atoms with Crippen molar-refractivity contribution in [3.05, 3.63) is 121 Å². The van der Waals surface area contributed by atoms with Gasteiger partial charge in [-0.2, -0.15) is 10.3 Å². The third-order valence-electron chi connectivity index (χ3n) is 11.4. The van der Waals surface area contributed by atoms with Gasteiger partial charge >= 0.3 is 0 Å². The summed E-state index contributed by atoms with van der Waals surface area (Å²) >= 11 is 0. The largest absolute Gasteiger partial charge is 0.406 e. The van der Waals surface area contributed by atoms with Crippen LogP contribution in [0.4, 0.5) is 0 Å². The second-order valence-corrected chi connectivity index (χ2v) is 26.2. The number of ether oxygens (including phenoxy) is 3. The SMILES string of the molecule is CC1(C)O[C@@H]2[C@H](O1)[C@@H](CO[Si](c1ccccc1)(c1ccccc1)C(C)(C)C)O[C@H]2N1O[C@H](C#N)C[C@@H]1CO[Si](c1ccccc1)(c1ccccc1)C(C)(C)C. The number of hydroxylamine groups is 2. The first-order chi connectivity index (χ1) is 26.2. The van der Waals surface area contributed by atoms with Gasteiger partial charge in [-0.25, -0.2) is 0 Å². The summed E-state index contributed by atoms with van der Waals surface area (Å²) in [6, 6.07) is 44.6. The predicted molar refractivity (Wildman–Crippen MR) is 220 cm³/mol. The minimum Gasteiger partial charge on any atom is -0.406 e. The molecule has 0 spiro atoms. The van der Waals surface area contributed by atoms with Crippen LogP contribution in [0.1, 0.15) is 61.8 Å². The van der Waals surface area contributed by atoms with Crippen LogP contribution in [-0.4, -0.2) is 77.4 Å². The zero-order valence-corrected chi connectivity index (χ0v) is 35.5. The van der Waals surface area contributed by atoms with Gasteiger partial charge < -0.3 is 23.1 Å². The Labute approximate surface area is 329 Å². The monoisotopic (exact) mass is 776 g/mol. The maximum atomic E-state index is 10.2. The van der Waals surface area contributed by atoms with Gasteiger partial charge in [0.05, 0.1) is 25.3 Å². The summed E-state index contributed by atoms with van der Waals surface area (Å²) in [6.45, 7) is 18.1. The Morgan fingerprint density at radius 2 is 1.05 bits per heavy atom. The van der Waals surface area contributed by atoms with Crippen LogP contribution in [0.2, 0.25) is 10.1 Å². The molecule has 0 bridgehead atoms. The van der Waals surface area contributed by atoms with Gasteiger partial charge in [0, 0.05) is 6.42 Å². The van der Waals surface area contributed by atoms with Gasteiger partial charge in [-0.1, -0.05) is 163 Å². The standard InChI is InChI=1S/C45H56N2O6Si2/c1-43(2,3)54(35-21-13-9-14-22-35,36-23-15-10-16-24-36)48-31-33-29-34(30-46)53-47(33)42-41-40(51-45(7,8)52-41)39(50-42)32-49-55(44(4,5)6,37-25-17-11-18-26-37)38-27-19-12-20-28-38/h9-28,33-34,39-42H,29,31-32H2,1-8H3/t33-,34+,39-,40-,41-,42-/m1/s1. The lowest BCUT2D eigenvalue weighted by atomic mass is 10.1. The van der Waals surface area contributed by atoms with Crippen molar-refractivity contribution in [1.29, 1.82) is 5.26 Å². The van der Waals surface area contributed by atoms with E-state index in [1.54, 1.807) is 0 Å². The number of fused-ring (bicyclic) bond motifs is 1. The van der Waals surface area contributed by atoms with Crippen molar-refractivity contribution in [1.82, 2.24) is 5.06 Å². The molecule has 0 amide bonds. The highest BCUT2D eigenvalue weighted by atomic mass is 28.4. The minimum absolute atomic E-state index is 0.207. The molecule has 55 heavy (non-hydrogen) atoms. The van der Waals surface area contributed by atoms with E-state index < -0.39 is 53.1 Å². The van der Waals surface area contributed by atoms with Crippen molar-refractivity contribution in [3.8, 4) is 6.07 Å². The molecular formula is C45H56N2O6Si2. The summed E-state index contributed by atoms with van der Waals surface area (Å²) in [5.74, 6) is -0.845. The Kier molecular flexibility index (Phi) is 11.2. The van der Waals surface area contributed by atoms with Gasteiger partial charge in [0.25, 0.3) is 16.6 Å². The highest BCUT2D eigenvalue weighted by Crippen LogP contribution is 2.44. The van der Waals surface area contributed by atoms with E-state index in [0.29, 0.717) is 19.6 Å². The smallest absolute Gasteiger partial charge is 0.261 e. The van der Waals surface area contributed by atoms with Gasteiger partial charge in [-0.15, -0.1) is 0 Å². The maximum absolute atomic E-state index is 10.2. The molecule has 3 aliphatic heterocycles. The second-order valence-electron chi connectivity index (χ2n) is 17.6. The van der Waals surface area contributed by atoms with Crippen LogP contribution in [0.3, 0.4) is 0 Å². The summed E-state index contributed by atoms with van der Waals surface area (Å²) in [5, 5.41) is 16.4. The highest BCUT2D eigenvalue weighted by molar-refractivity contribution is 7.00. The number of rotatable bonds is 11. The third kappa shape index (κ3) is 7.43. The Morgan fingerprint density at radius 1 is 0.655 bits per heavy atom. The number of hydrogen-bond acceptors (Lipinski definition) is 8. The van der Waals surface area contributed by atoms with Gasteiger partial charge in [0.2, 0.25) is 0 Å². The van der Waals surface area contributed by atoms with Crippen LogP contribution in [0.5, 0.6) is 0 Å². The van der Waals surface area contributed by atoms with Crippen molar-refractivity contribution < 1.29 is 27.9 Å². The summed E-state index contributed by atoms with van der Waals surface area (Å²) in [7, 11) is -5.75. The van der Waals surface area contributed by atoms with E-state index in [9.17, 15) is 5.26 Å². The first-order valence-electron chi connectivity index (χ1n) is 19.6. The predicted octanol–water partition coefficient (Wildman–Crippen LogP) is 6.28. The zero-order valence-electron chi connectivity index (χ0n) is 33.5. The summed E-state index contributed by atoms with van der Waals surface area (Å²) in [6.07, 6.45) is -2.18. The number of nitrogens with zero attached hydrogens (tertiary/aromatic N) is 2. The number of hydrogen-bond donors (Lipinski definition) is 0.